The molecule has 0 aliphatic heterocycles. The smallest absolute Gasteiger partial charge is 0.337 e. The minimum Gasteiger partial charge on any atom is -0.465 e. The van der Waals surface area contributed by atoms with E-state index in [1.54, 1.807) is 6.92 Å². The number of hydrogen-bond acceptors (Lipinski definition) is 10. The number of Topliss-reactive ketones (excluding diaryl/α,β-unsaturated/α-hetero) is 1. The minimum atomic E-state index is -1.77. The second kappa shape index (κ2) is 15.4. The van der Waals surface area contributed by atoms with Gasteiger partial charge in [-0.3, -0.25) is 28.9 Å². The number of hydrogen-bond donors (Lipinski definition) is 3. The molecule has 0 fully saturated rings. The van der Waals surface area contributed by atoms with Gasteiger partial charge in [0, 0.05) is 19.1 Å². The molecule has 0 radical (unpaired) electrons. The predicted octanol–water partition coefficient (Wildman–Crippen LogP) is -0.252. The number of imide groups is 1. The predicted molar refractivity (Wildman–Crippen MR) is 117 cm³/mol. The molecule has 3 N–H and O–H groups in total. The maximum Gasteiger partial charge on any atom is 0.337 e. The van der Waals surface area contributed by atoms with Gasteiger partial charge in [0.05, 0.1) is 13.2 Å². The Hall–Kier alpha value is -2.47. The van der Waals surface area contributed by atoms with Crippen LogP contribution in [-0.4, -0.2) is 77.4 Å². The third-order valence-corrected chi connectivity index (χ3v) is 4.51. The molecule has 0 aromatic rings. The van der Waals surface area contributed by atoms with Gasteiger partial charge in [-0.15, -0.1) is 0 Å². The van der Waals surface area contributed by atoms with Crippen LogP contribution in [-0.2, 0) is 38.2 Å². The Kier molecular flexibility index (Phi) is 14.2. The summed E-state index contributed by atoms with van der Waals surface area (Å²) in [7, 11) is 0. The quantitative estimate of drug-likeness (QED) is 0.175. The summed E-state index contributed by atoms with van der Waals surface area (Å²) in [5.41, 5.74) is 5.69. The van der Waals surface area contributed by atoms with Gasteiger partial charge in [-0.05, 0) is 26.2 Å². The second-order valence-electron chi connectivity index (χ2n) is 7.02. The van der Waals surface area contributed by atoms with Crippen molar-refractivity contribution in [1.82, 2.24) is 10.2 Å². The van der Waals surface area contributed by atoms with Crippen LogP contribution in [0.4, 0.5) is 0 Å². The van der Waals surface area contributed by atoms with E-state index in [1.165, 1.54) is 0 Å². The summed E-state index contributed by atoms with van der Waals surface area (Å²) in [5, 5.41) is 2.39. The fourth-order valence-electron chi connectivity index (χ4n) is 2.53. The van der Waals surface area contributed by atoms with Crippen LogP contribution in [0, 0.1) is 0 Å². The summed E-state index contributed by atoms with van der Waals surface area (Å²) in [6.45, 7) is 5.86. The number of ketones is 1. The van der Waals surface area contributed by atoms with Gasteiger partial charge in [0.1, 0.15) is 12.1 Å². The number of ether oxygens (including phenoxy) is 2. The summed E-state index contributed by atoms with van der Waals surface area (Å²) in [6, 6.07) is -4.09. The van der Waals surface area contributed by atoms with Gasteiger partial charge in [-0.1, -0.05) is 13.8 Å². The van der Waals surface area contributed by atoms with Crippen molar-refractivity contribution in [3.05, 3.63) is 0 Å². The normalized spacial score (nSPS) is 13.3. The van der Waals surface area contributed by atoms with Crippen molar-refractivity contribution in [2.75, 3.05) is 19.0 Å². The highest BCUT2D eigenvalue weighted by molar-refractivity contribution is 7.80. The molecule has 0 rings (SSSR count). The maximum atomic E-state index is 12.9. The number of carbonyl (C=O) groups is 6. The standard InChI is InChI=1S/C20H33N3O8S/c1-5-9-30-19(28)14(21)7-8-16(26)22-15(11-32)18(27)23(13(4)25)17(12(3)24)20(29)31-10-6-2/h14-15,17,32H,5-11,21H2,1-4H3,(H,22,26). The molecule has 3 atom stereocenters. The number of nitrogens with zero attached hydrogens (tertiary/aromatic N) is 1. The Labute approximate surface area is 193 Å². The number of thiol groups is 1. The first-order valence-corrected chi connectivity index (χ1v) is 11.0. The van der Waals surface area contributed by atoms with Crippen LogP contribution in [0.1, 0.15) is 53.4 Å². The van der Waals surface area contributed by atoms with Crippen molar-refractivity contribution in [2.45, 2.75) is 71.5 Å². The van der Waals surface area contributed by atoms with E-state index in [1.807, 2.05) is 6.92 Å². The molecule has 0 saturated heterocycles. The molecule has 0 bridgehead atoms. The van der Waals surface area contributed by atoms with E-state index in [0.29, 0.717) is 17.7 Å². The van der Waals surface area contributed by atoms with Crippen LogP contribution in [0.2, 0.25) is 0 Å². The molecule has 0 heterocycles. The number of nitrogens with two attached hydrogens (primary N) is 1. The van der Waals surface area contributed by atoms with Gasteiger partial charge in [-0.2, -0.15) is 12.6 Å². The average Bonchev–Trinajstić information content (AvgIpc) is 2.74. The lowest BCUT2D eigenvalue weighted by atomic mass is 10.1. The first kappa shape index (κ1) is 29.5. The number of esters is 2. The molecule has 3 amide bonds. The highest BCUT2D eigenvalue weighted by atomic mass is 32.1. The van der Waals surface area contributed by atoms with Crippen LogP contribution >= 0.6 is 12.6 Å². The first-order chi connectivity index (χ1) is 15.0. The lowest BCUT2D eigenvalue weighted by Crippen LogP contribution is -2.58. The van der Waals surface area contributed by atoms with E-state index in [-0.39, 0.29) is 31.8 Å². The van der Waals surface area contributed by atoms with Gasteiger partial charge in [0.15, 0.2) is 11.8 Å². The molecule has 182 valence electrons. The summed E-state index contributed by atoms with van der Waals surface area (Å²) >= 11 is 4.03. The third-order valence-electron chi connectivity index (χ3n) is 4.14. The molecule has 32 heavy (non-hydrogen) atoms. The number of nitrogens with one attached hydrogen (secondary N) is 1. The van der Waals surface area contributed by atoms with Crippen molar-refractivity contribution in [1.29, 1.82) is 0 Å². The SMILES string of the molecule is CCCOC(=O)C(N)CCC(=O)NC(CS)C(=O)N(C(C)=O)C(C(C)=O)C(=O)OCCC. The molecule has 0 saturated carbocycles. The van der Waals surface area contributed by atoms with Crippen LogP contribution in [0.5, 0.6) is 0 Å². The average molecular weight is 476 g/mol. The lowest BCUT2D eigenvalue weighted by molar-refractivity contribution is -0.164. The third kappa shape index (κ3) is 9.77. The Morgan fingerprint density at radius 3 is 1.94 bits per heavy atom. The Bertz CT molecular complexity index is 700. The maximum absolute atomic E-state index is 12.9. The van der Waals surface area contributed by atoms with E-state index in [2.05, 4.69) is 17.9 Å². The highest BCUT2D eigenvalue weighted by Gasteiger charge is 2.40. The molecule has 0 aliphatic carbocycles. The molecular formula is C20H33N3O8S. The zero-order valence-electron chi connectivity index (χ0n) is 18.9. The van der Waals surface area contributed by atoms with Crippen LogP contribution in [0.25, 0.3) is 0 Å². The minimum absolute atomic E-state index is 0.0101. The van der Waals surface area contributed by atoms with Crippen molar-refractivity contribution in [3.8, 4) is 0 Å². The molecule has 12 heteroatoms. The highest BCUT2D eigenvalue weighted by Crippen LogP contribution is 2.10. The van der Waals surface area contributed by atoms with Crippen LogP contribution in [0.3, 0.4) is 0 Å². The Morgan fingerprint density at radius 2 is 1.50 bits per heavy atom. The molecule has 0 aliphatic rings. The molecular weight excluding hydrogens is 442 g/mol. The Morgan fingerprint density at radius 1 is 0.969 bits per heavy atom. The second-order valence-corrected chi connectivity index (χ2v) is 7.39. The Balaban J connectivity index is 5.28. The van der Waals surface area contributed by atoms with Gasteiger partial charge in [0.2, 0.25) is 11.8 Å². The van der Waals surface area contributed by atoms with E-state index in [4.69, 9.17) is 15.2 Å². The summed E-state index contributed by atoms with van der Waals surface area (Å²) in [6.07, 6.45) is 0.880. The summed E-state index contributed by atoms with van der Waals surface area (Å²) < 4.78 is 9.84. The van der Waals surface area contributed by atoms with E-state index in [9.17, 15) is 28.8 Å². The summed E-state index contributed by atoms with van der Waals surface area (Å²) in [4.78, 5) is 73.8. The van der Waals surface area contributed by atoms with Crippen molar-refractivity contribution < 1.29 is 38.2 Å². The fraction of sp³-hybridized carbons (Fsp3) is 0.700. The molecule has 11 nitrogen and oxygen atoms in total. The molecule has 0 spiro atoms. The van der Waals surface area contributed by atoms with Gasteiger partial charge in [-0.25, -0.2) is 4.79 Å². The topological polar surface area (TPSA) is 162 Å². The fourth-order valence-corrected chi connectivity index (χ4v) is 2.78. The zero-order valence-corrected chi connectivity index (χ0v) is 19.8. The van der Waals surface area contributed by atoms with Crippen LogP contribution in [0.15, 0.2) is 0 Å². The molecule has 0 aromatic carbocycles. The largest absolute Gasteiger partial charge is 0.465 e. The van der Waals surface area contributed by atoms with E-state index in [0.717, 1.165) is 13.8 Å². The van der Waals surface area contributed by atoms with Gasteiger partial charge < -0.3 is 20.5 Å². The summed E-state index contributed by atoms with van der Waals surface area (Å²) in [5.74, 6) is -5.15. The van der Waals surface area contributed by atoms with Gasteiger partial charge >= 0.3 is 11.9 Å². The van der Waals surface area contributed by atoms with Crippen molar-refractivity contribution in [3.63, 3.8) is 0 Å². The van der Waals surface area contributed by atoms with E-state index < -0.39 is 53.6 Å². The van der Waals surface area contributed by atoms with Crippen LogP contribution < -0.4 is 11.1 Å². The number of carbonyl (C=O) groups excluding carboxylic acids is 6. The monoisotopic (exact) mass is 475 g/mol. The first-order valence-electron chi connectivity index (χ1n) is 10.3. The van der Waals surface area contributed by atoms with Crippen molar-refractivity contribution in [2.24, 2.45) is 5.73 Å². The van der Waals surface area contributed by atoms with E-state index >= 15 is 0 Å². The molecule has 3 unspecified atom stereocenters. The van der Waals surface area contributed by atoms with Gasteiger partial charge in [0.25, 0.3) is 5.91 Å². The molecule has 0 aromatic heterocycles. The zero-order chi connectivity index (χ0) is 24.8. The van der Waals surface area contributed by atoms with Crippen molar-refractivity contribution >= 4 is 48.1 Å². The number of amides is 3. The lowest BCUT2D eigenvalue weighted by Gasteiger charge is -2.29. The number of rotatable bonds is 14.